The lowest BCUT2D eigenvalue weighted by Gasteiger charge is -2.53. The first-order valence-electron chi connectivity index (χ1n) is 13.1. The van der Waals surface area contributed by atoms with Crippen LogP contribution in [0.25, 0.3) is 0 Å². The van der Waals surface area contributed by atoms with E-state index in [0.29, 0.717) is 22.8 Å². The van der Waals surface area contributed by atoms with Crippen LogP contribution in [0.5, 0.6) is 11.5 Å². The Labute approximate surface area is 196 Å². The van der Waals surface area contributed by atoms with Gasteiger partial charge in [-0.1, -0.05) is 90.0 Å². The van der Waals surface area contributed by atoms with E-state index in [0.717, 1.165) is 12.8 Å². The molecule has 0 spiro atoms. The molecule has 176 valence electrons. The molecule has 2 aromatic rings. The third kappa shape index (κ3) is 5.69. The number of unbranched alkanes of at least 4 members (excludes halogenated alkanes) is 3. The number of hydrogen-bond acceptors (Lipinski definition) is 2. The number of rotatable bonds is 11. The summed E-state index contributed by atoms with van der Waals surface area (Å²) in [5.41, 5.74) is 2.93. The molecule has 1 atom stereocenters. The number of benzene rings is 2. The fourth-order valence-corrected chi connectivity index (χ4v) is 6.44. The average molecular weight is 437 g/mol. The number of aromatic hydroxyl groups is 2. The van der Waals surface area contributed by atoms with Crippen molar-refractivity contribution < 1.29 is 10.2 Å². The minimum absolute atomic E-state index is 0.0699. The molecule has 0 amide bonds. The largest absolute Gasteiger partial charge is 0.508 e. The van der Waals surface area contributed by atoms with Crippen molar-refractivity contribution in [2.45, 2.75) is 103 Å². The van der Waals surface area contributed by atoms with Gasteiger partial charge < -0.3 is 10.2 Å². The van der Waals surface area contributed by atoms with Gasteiger partial charge in [0.05, 0.1) is 0 Å². The molecular formula is C30H44O2. The van der Waals surface area contributed by atoms with Crippen molar-refractivity contribution >= 4 is 0 Å². The molecule has 2 aromatic carbocycles. The second kappa shape index (κ2) is 11.3. The number of phenols is 2. The van der Waals surface area contributed by atoms with Gasteiger partial charge in [-0.05, 0) is 78.8 Å². The predicted octanol–water partition coefficient (Wildman–Crippen LogP) is 8.74. The number of phenolic OH excluding ortho intramolecular Hbond substituents is 2. The molecule has 3 rings (SSSR count). The Morgan fingerprint density at radius 1 is 0.688 bits per heavy atom. The molecule has 1 unspecified atom stereocenters. The Kier molecular flexibility index (Phi) is 8.68. The molecule has 0 bridgehead atoms. The van der Waals surface area contributed by atoms with Crippen LogP contribution in [0.15, 0.2) is 48.5 Å². The molecule has 2 N–H and O–H groups in total. The summed E-state index contributed by atoms with van der Waals surface area (Å²) in [6.45, 7) is 6.94. The van der Waals surface area contributed by atoms with Crippen molar-refractivity contribution in [3.8, 4) is 11.5 Å². The van der Waals surface area contributed by atoms with Crippen molar-refractivity contribution in [2.75, 3.05) is 0 Å². The van der Waals surface area contributed by atoms with Crippen LogP contribution in [-0.2, 0) is 5.41 Å². The van der Waals surface area contributed by atoms with Gasteiger partial charge in [-0.15, -0.1) is 0 Å². The van der Waals surface area contributed by atoms with Crippen LogP contribution in [0.1, 0.15) is 109 Å². The Bertz CT molecular complexity index is 752. The SMILES string of the molecule is CCCCC1CC(CCCC)(CCCC)CC(c2ccc(O)cc2)(c2ccc(O)cc2)C1. The Morgan fingerprint density at radius 3 is 1.59 bits per heavy atom. The highest BCUT2D eigenvalue weighted by Gasteiger charge is 2.49. The lowest BCUT2D eigenvalue weighted by atomic mass is 9.51. The second-order valence-corrected chi connectivity index (χ2v) is 10.5. The summed E-state index contributed by atoms with van der Waals surface area (Å²) < 4.78 is 0. The molecule has 2 nitrogen and oxygen atoms in total. The van der Waals surface area contributed by atoms with Crippen molar-refractivity contribution in [1.29, 1.82) is 0 Å². The smallest absolute Gasteiger partial charge is 0.115 e. The average Bonchev–Trinajstić information content (AvgIpc) is 2.81. The van der Waals surface area contributed by atoms with Crippen molar-refractivity contribution in [1.82, 2.24) is 0 Å². The van der Waals surface area contributed by atoms with Gasteiger partial charge in [0.25, 0.3) is 0 Å². The van der Waals surface area contributed by atoms with E-state index in [1.165, 1.54) is 75.3 Å². The maximum Gasteiger partial charge on any atom is 0.115 e. The van der Waals surface area contributed by atoms with Crippen molar-refractivity contribution in [3.63, 3.8) is 0 Å². The quantitative estimate of drug-likeness (QED) is 0.369. The van der Waals surface area contributed by atoms with Gasteiger partial charge >= 0.3 is 0 Å². The highest BCUT2D eigenvalue weighted by molar-refractivity contribution is 5.44. The monoisotopic (exact) mass is 436 g/mol. The molecule has 0 aromatic heterocycles. The topological polar surface area (TPSA) is 40.5 Å². The van der Waals surface area contributed by atoms with Crippen LogP contribution in [0.4, 0.5) is 0 Å². The standard InChI is InChI=1S/C30H44O2/c1-4-7-10-24-21-29(19-8-5-2,20-9-6-3)23-30(22-24,25-11-15-27(31)16-12-25)26-13-17-28(32)18-14-26/h11-18,24,31-32H,4-10,19-23H2,1-3H3. The number of hydrogen-bond donors (Lipinski definition) is 2. The van der Waals surface area contributed by atoms with Crippen LogP contribution in [0.2, 0.25) is 0 Å². The van der Waals surface area contributed by atoms with Gasteiger partial charge in [0.15, 0.2) is 0 Å². The minimum Gasteiger partial charge on any atom is -0.508 e. The molecule has 1 aliphatic carbocycles. The van der Waals surface area contributed by atoms with Gasteiger partial charge in [0, 0.05) is 5.41 Å². The van der Waals surface area contributed by atoms with E-state index in [-0.39, 0.29) is 5.41 Å². The molecular weight excluding hydrogens is 392 g/mol. The van der Waals surface area contributed by atoms with Gasteiger partial charge in [0.1, 0.15) is 11.5 Å². The highest BCUT2D eigenvalue weighted by Crippen LogP contribution is 2.58. The van der Waals surface area contributed by atoms with E-state index in [9.17, 15) is 10.2 Å². The summed E-state index contributed by atoms with van der Waals surface area (Å²) in [7, 11) is 0. The molecule has 32 heavy (non-hydrogen) atoms. The van der Waals surface area contributed by atoms with Crippen LogP contribution < -0.4 is 0 Å². The zero-order chi connectivity index (χ0) is 23.0. The van der Waals surface area contributed by atoms with Crippen molar-refractivity contribution in [2.24, 2.45) is 11.3 Å². The Balaban J connectivity index is 2.14. The first kappa shape index (κ1) is 24.7. The van der Waals surface area contributed by atoms with E-state index in [1.807, 2.05) is 24.3 Å². The van der Waals surface area contributed by atoms with Gasteiger partial charge in [0.2, 0.25) is 0 Å². The second-order valence-electron chi connectivity index (χ2n) is 10.5. The zero-order valence-electron chi connectivity index (χ0n) is 20.6. The summed E-state index contributed by atoms with van der Waals surface area (Å²) in [5.74, 6) is 1.37. The van der Waals surface area contributed by atoms with E-state index >= 15 is 0 Å². The fraction of sp³-hybridized carbons (Fsp3) is 0.600. The van der Waals surface area contributed by atoms with Crippen molar-refractivity contribution in [3.05, 3.63) is 59.7 Å². The predicted molar refractivity (Wildman–Crippen MR) is 135 cm³/mol. The third-order valence-electron chi connectivity index (χ3n) is 7.96. The van der Waals surface area contributed by atoms with Crippen LogP contribution >= 0.6 is 0 Å². The summed E-state index contributed by atoms with van der Waals surface area (Å²) in [5, 5.41) is 20.0. The van der Waals surface area contributed by atoms with E-state index in [2.05, 4.69) is 45.0 Å². The molecule has 0 saturated heterocycles. The van der Waals surface area contributed by atoms with Gasteiger partial charge in [-0.25, -0.2) is 0 Å². The Hall–Kier alpha value is -1.96. The van der Waals surface area contributed by atoms with E-state index < -0.39 is 0 Å². The summed E-state index contributed by atoms with van der Waals surface area (Å²) in [4.78, 5) is 0. The van der Waals surface area contributed by atoms with E-state index in [1.54, 1.807) is 0 Å². The summed E-state index contributed by atoms with van der Waals surface area (Å²) in [6, 6.07) is 16.0. The maximum atomic E-state index is 10.0. The lowest BCUT2D eigenvalue weighted by Crippen LogP contribution is -2.44. The molecule has 1 fully saturated rings. The molecule has 0 heterocycles. The highest BCUT2D eigenvalue weighted by atomic mass is 16.3. The normalized spacial score (nSPS) is 19.7. The van der Waals surface area contributed by atoms with Crippen LogP contribution in [0, 0.1) is 11.3 Å². The first-order valence-corrected chi connectivity index (χ1v) is 13.1. The summed E-state index contributed by atoms with van der Waals surface area (Å²) in [6.07, 6.45) is 15.2. The Morgan fingerprint density at radius 2 is 1.16 bits per heavy atom. The molecule has 1 saturated carbocycles. The first-order chi connectivity index (χ1) is 15.5. The molecule has 0 aliphatic heterocycles. The third-order valence-corrected chi connectivity index (χ3v) is 7.96. The van der Waals surface area contributed by atoms with E-state index in [4.69, 9.17) is 0 Å². The lowest BCUT2D eigenvalue weighted by molar-refractivity contribution is 0.0572. The van der Waals surface area contributed by atoms with Crippen LogP contribution in [-0.4, -0.2) is 10.2 Å². The van der Waals surface area contributed by atoms with Crippen LogP contribution in [0.3, 0.4) is 0 Å². The summed E-state index contributed by atoms with van der Waals surface area (Å²) >= 11 is 0. The molecule has 2 heteroatoms. The fourth-order valence-electron chi connectivity index (χ4n) is 6.44. The minimum atomic E-state index is -0.0699. The molecule has 0 radical (unpaired) electrons. The van der Waals surface area contributed by atoms with Gasteiger partial charge in [-0.2, -0.15) is 0 Å². The van der Waals surface area contributed by atoms with Gasteiger partial charge in [-0.3, -0.25) is 0 Å². The molecule has 1 aliphatic rings. The maximum absolute atomic E-state index is 10.0. The zero-order valence-corrected chi connectivity index (χ0v) is 20.6.